The number of carbonyl (C=O) groups excluding carboxylic acids is 1. The first-order chi connectivity index (χ1) is 11.9. The number of methoxy groups -OCH3 is 1. The number of fused-ring (bicyclic) bond motifs is 1. The lowest BCUT2D eigenvalue weighted by Crippen LogP contribution is -2.16. The molecule has 1 aliphatic rings. The number of primary sulfonamides is 1. The van der Waals surface area contributed by atoms with Gasteiger partial charge in [-0.25, -0.2) is 13.6 Å². The van der Waals surface area contributed by atoms with Crippen molar-refractivity contribution >= 4 is 21.6 Å². The zero-order valence-electron chi connectivity index (χ0n) is 13.9. The first-order valence-corrected chi connectivity index (χ1v) is 9.57. The molecule has 0 spiro atoms. The smallest absolute Gasteiger partial charge is 0.255 e. The summed E-state index contributed by atoms with van der Waals surface area (Å²) in [5.41, 5.74) is 3.28. The molecule has 1 aliphatic carbocycles. The normalized spacial score (nSPS) is 13.8. The van der Waals surface area contributed by atoms with E-state index in [9.17, 15) is 13.2 Å². The Labute approximate surface area is 147 Å². The van der Waals surface area contributed by atoms with E-state index in [1.807, 2.05) is 12.1 Å². The molecule has 6 nitrogen and oxygen atoms in total. The van der Waals surface area contributed by atoms with Crippen LogP contribution >= 0.6 is 0 Å². The van der Waals surface area contributed by atoms with Crippen LogP contribution in [0.15, 0.2) is 41.3 Å². The van der Waals surface area contributed by atoms with Crippen molar-refractivity contribution in [1.29, 1.82) is 0 Å². The van der Waals surface area contributed by atoms with E-state index in [-0.39, 0.29) is 16.5 Å². The van der Waals surface area contributed by atoms with Gasteiger partial charge in [0.15, 0.2) is 0 Å². The molecule has 0 aliphatic heterocycles. The van der Waals surface area contributed by atoms with E-state index in [0.29, 0.717) is 11.3 Å². The van der Waals surface area contributed by atoms with Gasteiger partial charge in [-0.05, 0) is 67.1 Å². The van der Waals surface area contributed by atoms with Crippen molar-refractivity contribution in [2.24, 2.45) is 5.14 Å². The van der Waals surface area contributed by atoms with Crippen molar-refractivity contribution in [3.63, 3.8) is 0 Å². The van der Waals surface area contributed by atoms with Crippen molar-refractivity contribution < 1.29 is 17.9 Å². The Morgan fingerprint density at radius 3 is 2.48 bits per heavy atom. The molecule has 132 valence electrons. The Hall–Kier alpha value is -2.38. The highest BCUT2D eigenvalue weighted by Crippen LogP contribution is 2.28. The molecule has 0 heterocycles. The highest BCUT2D eigenvalue weighted by molar-refractivity contribution is 7.89. The summed E-state index contributed by atoms with van der Waals surface area (Å²) in [7, 11) is -2.42. The Balaban J connectivity index is 1.90. The van der Waals surface area contributed by atoms with Gasteiger partial charge in [0, 0.05) is 5.56 Å². The first-order valence-electron chi connectivity index (χ1n) is 8.02. The maximum Gasteiger partial charge on any atom is 0.255 e. The number of nitrogens with two attached hydrogens (primary N) is 1. The molecule has 7 heteroatoms. The first kappa shape index (κ1) is 17.4. The van der Waals surface area contributed by atoms with Crippen LogP contribution in [0.2, 0.25) is 0 Å². The van der Waals surface area contributed by atoms with Crippen molar-refractivity contribution in [3.8, 4) is 5.75 Å². The van der Waals surface area contributed by atoms with Crippen LogP contribution in [0.1, 0.15) is 34.3 Å². The fourth-order valence-electron chi connectivity index (χ4n) is 3.03. The lowest BCUT2D eigenvalue weighted by atomic mass is 9.90. The summed E-state index contributed by atoms with van der Waals surface area (Å²) in [5, 5.41) is 7.87. The molecule has 3 N–H and O–H groups in total. The zero-order valence-corrected chi connectivity index (χ0v) is 14.7. The van der Waals surface area contributed by atoms with E-state index >= 15 is 0 Å². The van der Waals surface area contributed by atoms with Gasteiger partial charge in [-0.2, -0.15) is 0 Å². The number of amides is 1. The summed E-state index contributed by atoms with van der Waals surface area (Å²) < 4.78 is 28.2. The minimum atomic E-state index is -3.87. The SMILES string of the molecule is COc1ccc(S(N)(=O)=O)cc1NC(=O)c1ccc2c(c1)CCCC2. The van der Waals surface area contributed by atoms with Crippen molar-refractivity contribution in [2.45, 2.75) is 30.6 Å². The zero-order chi connectivity index (χ0) is 18.0. The third-order valence-corrected chi connectivity index (χ3v) is 5.27. The van der Waals surface area contributed by atoms with Crippen LogP contribution < -0.4 is 15.2 Å². The Morgan fingerprint density at radius 1 is 1.08 bits per heavy atom. The number of carbonyl (C=O) groups is 1. The Bertz CT molecular complexity index is 923. The molecule has 0 unspecified atom stereocenters. The highest BCUT2D eigenvalue weighted by Gasteiger charge is 2.16. The lowest BCUT2D eigenvalue weighted by Gasteiger charge is -2.17. The molecule has 0 saturated heterocycles. The number of hydrogen-bond acceptors (Lipinski definition) is 4. The van der Waals surface area contributed by atoms with Gasteiger partial charge in [0.1, 0.15) is 5.75 Å². The summed E-state index contributed by atoms with van der Waals surface area (Å²) in [5.74, 6) is 0.0388. The van der Waals surface area contributed by atoms with Crippen LogP contribution in [0.5, 0.6) is 5.75 Å². The fraction of sp³-hybridized carbons (Fsp3) is 0.278. The number of anilines is 1. The van der Waals surface area contributed by atoms with E-state index in [4.69, 9.17) is 9.88 Å². The van der Waals surface area contributed by atoms with Gasteiger partial charge in [-0.3, -0.25) is 4.79 Å². The minimum absolute atomic E-state index is 0.0889. The number of aryl methyl sites for hydroxylation is 2. The van der Waals surface area contributed by atoms with Crippen LogP contribution in [0.4, 0.5) is 5.69 Å². The second-order valence-electron chi connectivity index (χ2n) is 6.05. The molecule has 0 radical (unpaired) electrons. The maximum absolute atomic E-state index is 12.6. The van der Waals surface area contributed by atoms with Gasteiger partial charge in [-0.15, -0.1) is 0 Å². The number of sulfonamides is 1. The van der Waals surface area contributed by atoms with E-state index in [2.05, 4.69) is 5.32 Å². The number of ether oxygens (including phenoxy) is 1. The van der Waals surface area contributed by atoms with Crippen LogP contribution in [0, 0.1) is 0 Å². The van der Waals surface area contributed by atoms with Gasteiger partial charge in [0.25, 0.3) is 5.91 Å². The Kier molecular flexibility index (Phi) is 4.78. The molecule has 2 aromatic carbocycles. The van der Waals surface area contributed by atoms with E-state index < -0.39 is 10.0 Å². The second-order valence-corrected chi connectivity index (χ2v) is 7.61. The van der Waals surface area contributed by atoms with E-state index in [1.54, 1.807) is 6.07 Å². The van der Waals surface area contributed by atoms with Crippen LogP contribution in [-0.2, 0) is 22.9 Å². The van der Waals surface area contributed by atoms with E-state index in [1.165, 1.54) is 42.9 Å². The maximum atomic E-state index is 12.6. The molecular weight excluding hydrogens is 340 g/mol. The molecule has 0 fully saturated rings. The standard InChI is InChI=1S/C18H20N2O4S/c1-24-17-9-8-15(25(19,22)23)11-16(17)20-18(21)14-7-6-12-4-2-3-5-13(12)10-14/h6-11H,2-5H2,1H3,(H,20,21)(H2,19,22,23). The summed E-state index contributed by atoms with van der Waals surface area (Å²) in [6, 6.07) is 9.77. The molecule has 0 saturated carbocycles. The van der Waals surface area contributed by atoms with Crippen molar-refractivity contribution in [3.05, 3.63) is 53.1 Å². The van der Waals surface area contributed by atoms with Gasteiger partial charge >= 0.3 is 0 Å². The largest absolute Gasteiger partial charge is 0.495 e. The average molecular weight is 360 g/mol. The molecule has 2 aromatic rings. The second kappa shape index (κ2) is 6.85. The van der Waals surface area contributed by atoms with Gasteiger partial charge in [0.05, 0.1) is 17.7 Å². The summed E-state index contributed by atoms with van der Waals surface area (Å²) in [6.45, 7) is 0. The molecule has 25 heavy (non-hydrogen) atoms. The molecule has 0 bridgehead atoms. The van der Waals surface area contributed by atoms with Gasteiger partial charge < -0.3 is 10.1 Å². The summed E-state index contributed by atoms with van der Waals surface area (Å²) >= 11 is 0. The summed E-state index contributed by atoms with van der Waals surface area (Å²) in [6.07, 6.45) is 4.32. The fourth-order valence-corrected chi connectivity index (χ4v) is 3.57. The van der Waals surface area contributed by atoms with Crippen LogP contribution in [-0.4, -0.2) is 21.4 Å². The lowest BCUT2D eigenvalue weighted by molar-refractivity contribution is 0.102. The molecule has 0 atom stereocenters. The molecule has 0 aromatic heterocycles. The predicted octanol–water partition coefficient (Wildman–Crippen LogP) is 2.47. The van der Waals surface area contributed by atoms with Crippen molar-refractivity contribution in [2.75, 3.05) is 12.4 Å². The number of benzene rings is 2. The van der Waals surface area contributed by atoms with Crippen LogP contribution in [0.3, 0.4) is 0 Å². The monoisotopic (exact) mass is 360 g/mol. The molecular formula is C18H20N2O4S. The van der Waals surface area contributed by atoms with Gasteiger partial charge in [-0.1, -0.05) is 6.07 Å². The number of nitrogens with one attached hydrogen (secondary N) is 1. The molecule has 1 amide bonds. The minimum Gasteiger partial charge on any atom is -0.495 e. The average Bonchev–Trinajstić information content (AvgIpc) is 2.60. The number of hydrogen-bond donors (Lipinski definition) is 2. The van der Waals surface area contributed by atoms with Crippen LogP contribution in [0.25, 0.3) is 0 Å². The third-order valence-electron chi connectivity index (χ3n) is 4.36. The number of rotatable bonds is 4. The van der Waals surface area contributed by atoms with Crippen molar-refractivity contribution in [1.82, 2.24) is 0 Å². The third kappa shape index (κ3) is 3.83. The van der Waals surface area contributed by atoms with Gasteiger partial charge in [0.2, 0.25) is 10.0 Å². The Morgan fingerprint density at radius 2 is 1.80 bits per heavy atom. The quantitative estimate of drug-likeness (QED) is 0.875. The van der Waals surface area contributed by atoms with E-state index in [0.717, 1.165) is 19.3 Å². The topological polar surface area (TPSA) is 98.5 Å². The highest BCUT2D eigenvalue weighted by atomic mass is 32.2. The molecule has 3 rings (SSSR count). The summed E-state index contributed by atoms with van der Waals surface area (Å²) in [4.78, 5) is 12.5. The predicted molar refractivity (Wildman–Crippen MR) is 95.4 cm³/mol.